The number of ether oxygens (including phenoxy) is 1. The molecule has 0 aliphatic rings. The van der Waals surface area contributed by atoms with Crippen LogP contribution in [0.2, 0.25) is 0 Å². The molecule has 6 heteroatoms. The first kappa shape index (κ1) is 17.0. The molecule has 1 aromatic heterocycles. The van der Waals surface area contributed by atoms with Crippen LogP contribution in [0.5, 0.6) is 0 Å². The number of carbonyl (C=O) groups is 1. The number of anilines is 1. The normalized spacial score (nSPS) is 11.1. The van der Waals surface area contributed by atoms with Gasteiger partial charge < -0.3 is 20.4 Å². The number of nitrogens with zero attached hydrogens (tertiary/aromatic N) is 1. The number of nitrogen functional groups attached to an aromatic ring is 1. The Bertz CT molecular complexity index is 766. The van der Waals surface area contributed by atoms with Crippen molar-refractivity contribution in [3.63, 3.8) is 0 Å². The number of nitrogens with one attached hydrogen (secondary N) is 1. The van der Waals surface area contributed by atoms with Gasteiger partial charge in [0.05, 0.1) is 17.0 Å². The predicted molar refractivity (Wildman–Crippen MR) is 91.7 cm³/mol. The number of hydrogen-bond acceptors (Lipinski definition) is 4. The van der Waals surface area contributed by atoms with Crippen LogP contribution in [0.4, 0.5) is 5.69 Å². The van der Waals surface area contributed by atoms with Crippen molar-refractivity contribution >= 4 is 22.5 Å². The number of carbonyl (C=O) groups excluding carboxylic acids is 1. The van der Waals surface area contributed by atoms with Crippen molar-refractivity contribution in [2.24, 2.45) is 0 Å². The zero-order chi connectivity index (χ0) is 17.0. The topological polar surface area (TPSA) is 86.3 Å². The summed E-state index contributed by atoms with van der Waals surface area (Å²) in [6.45, 7) is 5.22. The average Bonchev–Trinajstić information content (AvgIpc) is 2.52. The van der Waals surface area contributed by atoms with E-state index in [1.807, 2.05) is 24.5 Å². The van der Waals surface area contributed by atoms with Crippen molar-refractivity contribution in [1.29, 1.82) is 0 Å². The van der Waals surface area contributed by atoms with Crippen LogP contribution in [-0.4, -0.2) is 30.2 Å². The first-order valence-electron chi connectivity index (χ1n) is 7.71. The molecular weight excluding hydrogens is 294 g/mol. The first-order valence-corrected chi connectivity index (χ1v) is 7.71. The molecule has 0 saturated carbocycles. The van der Waals surface area contributed by atoms with E-state index in [0.717, 1.165) is 11.9 Å². The van der Waals surface area contributed by atoms with Crippen LogP contribution < -0.4 is 16.5 Å². The van der Waals surface area contributed by atoms with E-state index in [2.05, 4.69) is 5.32 Å². The second-order valence-corrected chi connectivity index (χ2v) is 5.66. The lowest BCUT2D eigenvalue weighted by Gasteiger charge is -2.15. The van der Waals surface area contributed by atoms with Crippen LogP contribution in [0, 0.1) is 0 Å². The van der Waals surface area contributed by atoms with E-state index in [1.54, 1.807) is 18.3 Å². The van der Waals surface area contributed by atoms with E-state index in [1.165, 1.54) is 7.05 Å². The fraction of sp³-hybridized carbons (Fsp3) is 0.412. The highest BCUT2D eigenvalue weighted by Crippen LogP contribution is 2.18. The lowest BCUT2D eigenvalue weighted by molar-refractivity contribution is 0.0750. The molecule has 0 atom stereocenters. The Balaban J connectivity index is 2.46. The quantitative estimate of drug-likeness (QED) is 0.628. The molecule has 3 N–H and O–H groups in total. The van der Waals surface area contributed by atoms with Crippen molar-refractivity contribution in [1.82, 2.24) is 9.88 Å². The number of amides is 1. The van der Waals surface area contributed by atoms with Gasteiger partial charge in [0.25, 0.3) is 5.91 Å². The van der Waals surface area contributed by atoms with Gasteiger partial charge in [0, 0.05) is 32.1 Å². The molecule has 2 aromatic rings. The second kappa shape index (κ2) is 7.28. The molecule has 0 radical (unpaired) electrons. The van der Waals surface area contributed by atoms with Gasteiger partial charge in [-0.15, -0.1) is 0 Å². The SMILES string of the molecule is CNC(=O)c1cn(CCCOC(C)C)c2cccc(N)c2c1=O. The molecule has 0 saturated heterocycles. The minimum absolute atomic E-state index is 0.0997. The number of fused-ring (bicyclic) bond motifs is 1. The summed E-state index contributed by atoms with van der Waals surface area (Å²) in [7, 11) is 1.50. The van der Waals surface area contributed by atoms with Crippen molar-refractivity contribution < 1.29 is 9.53 Å². The van der Waals surface area contributed by atoms with E-state index < -0.39 is 5.91 Å². The fourth-order valence-electron chi connectivity index (χ4n) is 2.50. The monoisotopic (exact) mass is 317 g/mol. The Hall–Kier alpha value is -2.34. The smallest absolute Gasteiger partial charge is 0.256 e. The van der Waals surface area contributed by atoms with Gasteiger partial charge in [0.2, 0.25) is 5.43 Å². The molecule has 2 rings (SSSR count). The number of aromatic nitrogens is 1. The van der Waals surface area contributed by atoms with Crippen LogP contribution >= 0.6 is 0 Å². The number of benzene rings is 1. The minimum Gasteiger partial charge on any atom is -0.398 e. The number of rotatable bonds is 6. The predicted octanol–water partition coefficient (Wildman–Crippen LogP) is 1.76. The molecule has 0 bridgehead atoms. The first-order chi connectivity index (χ1) is 11.0. The van der Waals surface area contributed by atoms with Crippen LogP contribution in [-0.2, 0) is 11.3 Å². The Morgan fingerprint density at radius 3 is 2.78 bits per heavy atom. The third kappa shape index (κ3) is 3.71. The molecule has 1 aromatic carbocycles. The zero-order valence-electron chi connectivity index (χ0n) is 13.8. The van der Waals surface area contributed by atoms with Crippen LogP contribution in [0.1, 0.15) is 30.6 Å². The summed E-state index contributed by atoms with van der Waals surface area (Å²) in [6, 6.07) is 5.31. The second-order valence-electron chi connectivity index (χ2n) is 5.66. The largest absolute Gasteiger partial charge is 0.398 e. The molecule has 0 unspecified atom stereocenters. The Morgan fingerprint density at radius 2 is 2.13 bits per heavy atom. The molecule has 1 amide bonds. The maximum Gasteiger partial charge on any atom is 0.256 e. The minimum atomic E-state index is -0.410. The number of aryl methyl sites for hydroxylation is 1. The van der Waals surface area contributed by atoms with Gasteiger partial charge in [-0.1, -0.05) is 6.07 Å². The number of hydrogen-bond donors (Lipinski definition) is 2. The molecular formula is C17H23N3O3. The molecule has 0 aliphatic carbocycles. The van der Waals surface area contributed by atoms with Crippen molar-refractivity contribution in [3.8, 4) is 0 Å². The zero-order valence-corrected chi connectivity index (χ0v) is 13.8. The lowest BCUT2D eigenvalue weighted by Crippen LogP contribution is -2.27. The van der Waals surface area contributed by atoms with E-state index in [0.29, 0.717) is 24.2 Å². The standard InChI is InChI=1S/C17H23N3O3/c1-11(2)23-9-5-8-20-10-12(17(22)19-3)16(21)15-13(18)6-4-7-14(15)20/h4,6-7,10-11H,5,8-9,18H2,1-3H3,(H,19,22). The molecule has 124 valence electrons. The molecule has 0 spiro atoms. The van der Waals surface area contributed by atoms with Crippen LogP contribution in [0.25, 0.3) is 10.9 Å². The third-order valence-electron chi connectivity index (χ3n) is 3.61. The van der Waals surface area contributed by atoms with Gasteiger partial charge in [0.15, 0.2) is 0 Å². The van der Waals surface area contributed by atoms with E-state index in [4.69, 9.17) is 10.5 Å². The van der Waals surface area contributed by atoms with Crippen LogP contribution in [0.15, 0.2) is 29.2 Å². The highest BCUT2D eigenvalue weighted by atomic mass is 16.5. The molecule has 0 aliphatic heterocycles. The van der Waals surface area contributed by atoms with Gasteiger partial charge in [-0.25, -0.2) is 0 Å². The summed E-state index contributed by atoms with van der Waals surface area (Å²) in [5.74, 6) is -0.410. The number of pyridine rings is 1. The summed E-state index contributed by atoms with van der Waals surface area (Å²) in [5, 5.41) is 2.89. The lowest BCUT2D eigenvalue weighted by atomic mass is 10.1. The summed E-state index contributed by atoms with van der Waals surface area (Å²) in [5.41, 5.74) is 6.83. The summed E-state index contributed by atoms with van der Waals surface area (Å²) >= 11 is 0. The molecule has 0 fully saturated rings. The fourth-order valence-corrected chi connectivity index (χ4v) is 2.50. The molecule has 1 heterocycles. The van der Waals surface area contributed by atoms with Gasteiger partial charge in [-0.3, -0.25) is 9.59 Å². The van der Waals surface area contributed by atoms with Crippen molar-refractivity contribution in [3.05, 3.63) is 40.2 Å². The third-order valence-corrected chi connectivity index (χ3v) is 3.61. The summed E-state index contributed by atoms with van der Waals surface area (Å²) in [4.78, 5) is 24.5. The van der Waals surface area contributed by atoms with Gasteiger partial charge in [0.1, 0.15) is 5.56 Å². The maximum atomic E-state index is 12.5. The Kier molecular flexibility index (Phi) is 5.39. The van der Waals surface area contributed by atoms with E-state index >= 15 is 0 Å². The van der Waals surface area contributed by atoms with Gasteiger partial charge >= 0.3 is 0 Å². The molecule has 6 nitrogen and oxygen atoms in total. The Labute approximate surface area is 135 Å². The molecule has 23 heavy (non-hydrogen) atoms. The van der Waals surface area contributed by atoms with Gasteiger partial charge in [-0.2, -0.15) is 0 Å². The van der Waals surface area contributed by atoms with Crippen molar-refractivity contribution in [2.45, 2.75) is 32.9 Å². The van der Waals surface area contributed by atoms with E-state index in [-0.39, 0.29) is 17.1 Å². The highest BCUT2D eigenvalue weighted by Gasteiger charge is 2.15. The Morgan fingerprint density at radius 1 is 1.39 bits per heavy atom. The summed E-state index contributed by atoms with van der Waals surface area (Å²) < 4.78 is 7.43. The van der Waals surface area contributed by atoms with Crippen LogP contribution in [0.3, 0.4) is 0 Å². The highest BCUT2D eigenvalue weighted by molar-refractivity contribution is 5.99. The summed E-state index contributed by atoms with van der Waals surface area (Å²) in [6.07, 6.45) is 2.55. The van der Waals surface area contributed by atoms with Gasteiger partial charge in [-0.05, 0) is 32.4 Å². The maximum absolute atomic E-state index is 12.5. The number of nitrogens with two attached hydrogens (primary N) is 1. The van der Waals surface area contributed by atoms with E-state index in [9.17, 15) is 9.59 Å². The average molecular weight is 317 g/mol. The van der Waals surface area contributed by atoms with Crippen molar-refractivity contribution in [2.75, 3.05) is 19.4 Å².